The van der Waals surface area contributed by atoms with Crippen molar-refractivity contribution in [3.05, 3.63) is 151 Å². The van der Waals surface area contributed by atoms with Crippen molar-refractivity contribution in [2.45, 2.75) is 19.3 Å². The summed E-state index contributed by atoms with van der Waals surface area (Å²) in [5, 5.41) is 7.47. The SMILES string of the molecule is CC1(C)c2ccccc2-c2ccc(-n3c4ccccc4c4ccccc4c4ccccc4c4ccccc43)cc21. The van der Waals surface area contributed by atoms with E-state index in [1.165, 1.54) is 71.3 Å². The summed E-state index contributed by atoms with van der Waals surface area (Å²) in [6, 6.07) is 51.3. The highest BCUT2D eigenvalue weighted by atomic mass is 15.0. The third kappa shape index (κ3) is 3.21. The van der Waals surface area contributed by atoms with Crippen LogP contribution in [0.5, 0.6) is 0 Å². The van der Waals surface area contributed by atoms with Crippen LogP contribution in [0.2, 0.25) is 0 Å². The van der Waals surface area contributed by atoms with Crippen molar-refractivity contribution in [2.24, 2.45) is 0 Å². The molecule has 1 aliphatic rings. The summed E-state index contributed by atoms with van der Waals surface area (Å²) < 4.78 is 2.48. The molecule has 0 saturated heterocycles. The number of nitrogens with zero attached hydrogens (tertiary/aromatic N) is 1. The van der Waals surface area contributed by atoms with E-state index in [0.29, 0.717) is 0 Å². The Morgan fingerprint density at radius 3 is 1.40 bits per heavy atom. The molecule has 0 amide bonds. The Balaban J connectivity index is 1.62. The van der Waals surface area contributed by atoms with Gasteiger partial charge < -0.3 is 4.57 Å². The summed E-state index contributed by atoms with van der Waals surface area (Å²) in [5.74, 6) is 0. The van der Waals surface area contributed by atoms with Crippen LogP contribution in [0, 0.1) is 0 Å². The second-order valence-electron chi connectivity index (χ2n) is 11.4. The second kappa shape index (κ2) is 8.56. The Hall–Kier alpha value is -4.88. The smallest absolute Gasteiger partial charge is 0.0540 e. The maximum atomic E-state index is 2.48. The molecule has 0 radical (unpaired) electrons. The third-order valence-electron chi connectivity index (χ3n) is 8.84. The molecule has 0 spiro atoms. The first kappa shape index (κ1) is 23.0. The van der Waals surface area contributed by atoms with E-state index >= 15 is 0 Å². The first-order valence-electron chi connectivity index (χ1n) is 14.0. The van der Waals surface area contributed by atoms with Gasteiger partial charge in [0, 0.05) is 21.9 Å². The van der Waals surface area contributed by atoms with E-state index in [1.807, 2.05) is 0 Å². The van der Waals surface area contributed by atoms with Gasteiger partial charge in [-0.15, -0.1) is 0 Å². The molecule has 7 aromatic rings. The van der Waals surface area contributed by atoms with E-state index < -0.39 is 0 Å². The molecule has 190 valence electrons. The fourth-order valence-corrected chi connectivity index (χ4v) is 6.94. The molecule has 1 nitrogen and oxygen atoms in total. The molecule has 0 N–H and O–H groups in total. The highest BCUT2D eigenvalue weighted by Gasteiger charge is 2.35. The minimum atomic E-state index is -0.0696. The van der Waals surface area contributed by atoms with Gasteiger partial charge in [-0.1, -0.05) is 129 Å². The van der Waals surface area contributed by atoms with Crippen LogP contribution >= 0.6 is 0 Å². The van der Waals surface area contributed by atoms with Gasteiger partial charge in [-0.05, 0) is 68.1 Å². The van der Waals surface area contributed by atoms with Crippen LogP contribution in [0.25, 0.3) is 60.2 Å². The van der Waals surface area contributed by atoms with E-state index in [0.717, 1.165) is 0 Å². The summed E-state index contributed by atoms with van der Waals surface area (Å²) >= 11 is 0. The summed E-state index contributed by atoms with van der Waals surface area (Å²) in [5.41, 5.74) is 8.94. The van der Waals surface area contributed by atoms with Crippen LogP contribution in [0.15, 0.2) is 140 Å². The Morgan fingerprint density at radius 2 is 0.825 bits per heavy atom. The lowest BCUT2D eigenvalue weighted by Gasteiger charge is -2.23. The van der Waals surface area contributed by atoms with Gasteiger partial charge in [-0.2, -0.15) is 0 Å². The lowest BCUT2D eigenvalue weighted by molar-refractivity contribution is 0.660. The molecule has 1 heteroatoms. The van der Waals surface area contributed by atoms with Crippen molar-refractivity contribution in [2.75, 3.05) is 0 Å². The Kier molecular flexibility index (Phi) is 4.93. The molecule has 0 fully saturated rings. The summed E-state index contributed by atoms with van der Waals surface area (Å²) in [6.45, 7) is 4.71. The van der Waals surface area contributed by atoms with Crippen LogP contribution in [0.1, 0.15) is 25.0 Å². The van der Waals surface area contributed by atoms with E-state index in [4.69, 9.17) is 0 Å². The zero-order valence-electron chi connectivity index (χ0n) is 22.7. The average molecular weight is 512 g/mol. The van der Waals surface area contributed by atoms with Gasteiger partial charge in [0.1, 0.15) is 0 Å². The molecular formula is C39H29N. The number of benzene rings is 6. The summed E-state index contributed by atoms with van der Waals surface area (Å²) in [7, 11) is 0. The Labute approximate surface area is 234 Å². The molecule has 0 unspecified atom stereocenters. The maximum Gasteiger partial charge on any atom is 0.0540 e. The molecule has 1 aliphatic carbocycles. The van der Waals surface area contributed by atoms with Crippen LogP contribution in [-0.4, -0.2) is 4.57 Å². The van der Waals surface area contributed by atoms with Crippen molar-refractivity contribution >= 4 is 43.4 Å². The van der Waals surface area contributed by atoms with Crippen molar-refractivity contribution < 1.29 is 0 Å². The van der Waals surface area contributed by atoms with E-state index in [2.05, 4.69) is 158 Å². The first-order chi connectivity index (χ1) is 19.6. The molecule has 40 heavy (non-hydrogen) atoms. The number of hydrogen-bond donors (Lipinski definition) is 0. The number of para-hydroxylation sites is 2. The molecular weight excluding hydrogens is 482 g/mol. The fraction of sp³-hybridized carbons (Fsp3) is 0.0769. The summed E-state index contributed by atoms with van der Waals surface area (Å²) in [4.78, 5) is 0. The molecule has 6 aromatic carbocycles. The van der Waals surface area contributed by atoms with E-state index in [-0.39, 0.29) is 5.41 Å². The predicted molar refractivity (Wildman–Crippen MR) is 171 cm³/mol. The van der Waals surface area contributed by atoms with E-state index in [1.54, 1.807) is 0 Å². The molecule has 1 heterocycles. The van der Waals surface area contributed by atoms with Crippen LogP contribution in [0.4, 0.5) is 0 Å². The van der Waals surface area contributed by atoms with Gasteiger partial charge in [0.25, 0.3) is 0 Å². The lowest BCUT2D eigenvalue weighted by atomic mass is 9.82. The summed E-state index contributed by atoms with van der Waals surface area (Å²) in [6.07, 6.45) is 0. The van der Waals surface area contributed by atoms with Gasteiger partial charge in [-0.3, -0.25) is 0 Å². The van der Waals surface area contributed by atoms with Crippen LogP contribution in [0.3, 0.4) is 0 Å². The largest absolute Gasteiger partial charge is 0.309 e. The Bertz CT molecular complexity index is 2090. The normalized spacial score (nSPS) is 13.4. The molecule has 0 atom stereocenters. The zero-order valence-corrected chi connectivity index (χ0v) is 22.7. The number of rotatable bonds is 1. The predicted octanol–water partition coefficient (Wildman–Crippen LogP) is 10.5. The van der Waals surface area contributed by atoms with Crippen molar-refractivity contribution in [3.8, 4) is 16.8 Å². The third-order valence-corrected chi connectivity index (χ3v) is 8.84. The number of aromatic nitrogens is 1. The minimum Gasteiger partial charge on any atom is -0.309 e. The first-order valence-corrected chi connectivity index (χ1v) is 14.0. The molecule has 0 saturated carbocycles. The lowest BCUT2D eigenvalue weighted by Crippen LogP contribution is -2.15. The Morgan fingerprint density at radius 1 is 0.400 bits per heavy atom. The van der Waals surface area contributed by atoms with Gasteiger partial charge in [0.2, 0.25) is 0 Å². The van der Waals surface area contributed by atoms with Gasteiger partial charge in [0.05, 0.1) is 11.0 Å². The monoisotopic (exact) mass is 511 g/mol. The topological polar surface area (TPSA) is 4.93 Å². The second-order valence-corrected chi connectivity index (χ2v) is 11.4. The molecule has 0 aliphatic heterocycles. The highest BCUT2D eigenvalue weighted by Crippen LogP contribution is 2.49. The van der Waals surface area contributed by atoms with E-state index in [9.17, 15) is 0 Å². The van der Waals surface area contributed by atoms with Crippen LogP contribution < -0.4 is 0 Å². The number of hydrogen-bond acceptors (Lipinski definition) is 0. The minimum absolute atomic E-state index is 0.0696. The number of fused-ring (bicyclic) bond motifs is 10. The quantitative estimate of drug-likeness (QED) is 0.207. The molecule has 1 aromatic heterocycles. The van der Waals surface area contributed by atoms with Crippen molar-refractivity contribution in [3.63, 3.8) is 0 Å². The highest BCUT2D eigenvalue weighted by molar-refractivity contribution is 6.19. The van der Waals surface area contributed by atoms with Gasteiger partial charge in [0.15, 0.2) is 0 Å². The van der Waals surface area contributed by atoms with Crippen LogP contribution in [-0.2, 0) is 5.41 Å². The maximum absolute atomic E-state index is 2.48. The van der Waals surface area contributed by atoms with Crippen molar-refractivity contribution in [1.29, 1.82) is 0 Å². The van der Waals surface area contributed by atoms with Gasteiger partial charge >= 0.3 is 0 Å². The average Bonchev–Trinajstić information content (AvgIpc) is 3.26. The molecule has 0 bridgehead atoms. The van der Waals surface area contributed by atoms with Gasteiger partial charge in [-0.25, -0.2) is 0 Å². The molecule has 8 rings (SSSR count). The van der Waals surface area contributed by atoms with Crippen molar-refractivity contribution in [1.82, 2.24) is 4.57 Å². The zero-order chi connectivity index (χ0) is 26.8. The fourth-order valence-electron chi connectivity index (χ4n) is 6.94. The standard InChI is InChI=1S/C39H29N/c1-39(2)35-20-10-7-17-31(35)32-24-23-26(25-36(32)39)40-37-21-11-8-18-33(37)29-15-5-3-13-27(29)28-14-4-6-16-30(28)34-19-9-12-22-38(34)40/h3-25H,1-2H3.